The molecule has 0 aliphatic carbocycles. The number of nitrogens with one attached hydrogen (secondary N) is 1. The molecule has 28 heavy (non-hydrogen) atoms. The summed E-state index contributed by atoms with van der Waals surface area (Å²) in [5.41, 5.74) is 3.52. The number of halogens is 2. The second kappa shape index (κ2) is 9.02. The largest absolute Gasteiger partial charge is 0.325 e. The van der Waals surface area contributed by atoms with Gasteiger partial charge in [-0.15, -0.1) is 11.8 Å². The lowest BCUT2D eigenvalue weighted by atomic mass is 10.0. The molecule has 0 radical (unpaired) electrons. The number of thioether (sulfide) groups is 1. The van der Waals surface area contributed by atoms with Gasteiger partial charge in [0.2, 0.25) is 5.91 Å². The Balaban J connectivity index is 1.80. The molecule has 0 saturated heterocycles. The SMILES string of the molecule is Cc1cccc(NC(=O)[C@H](C)SC(c2ccc(F)cc2)c2ccc(F)cc2)c1. The van der Waals surface area contributed by atoms with Crippen LogP contribution in [0.25, 0.3) is 0 Å². The third-order valence-corrected chi connectivity index (χ3v) is 5.78. The highest BCUT2D eigenvalue weighted by Crippen LogP contribution is 2.38. The van der Waals surface area contributed by atoms with Crippen molar-refractivity contribution in [2.24, 2.45) is 0 Å². The highest BCUT2D eigenvalue weighted by molar-refractivity contribution is 8.01. The van der Waals surface area contributed by atoms with Gasteiger partial charge in [-0.2, -0.15) is 0 Å². The fourth-order valence-corrected chi connectivity index (χ4v) is 4.08. The Kier molecular flexibility index (Phi) is 6.47. The Morgan fingerprint density at radius 3 is 1.93 bits per heavy atom. The first-order chi connectivity index (χ1) is 13.4. The maximum absolute atomic E-state index is 13.4. The van der Waals surface area contributed by atoms with Crippen molar-refractivity contribution >= 4 is 23.4 Å². The monoisotopic (exact) mass is 397 g/mol. The predicted molar refractivity (Wildman–Crippen MR) is 112 cm³/mol. The molecule has 0 bridgehead atoms. The summed E-state index contributed by atoms with van der Waals surface area (Å²) >= 11 is 1.44. The first kappa shape index (κ1) is 20.1. The van der Waals surface area contributed by atoms with Crippen LogP contribution >= 0.6 is 11.8 Å². The Morgan fingerprint density at radius 1 is 0.893 bits per heavy atom. The summed E-state index contributed by atoms with van der Waals surface area (Å²) in [6.45, 7) is 3.79. The first-order valence-corrected chi connectivity index (χ1v) is 9.90. The molecule has 2 nitrogen and oxygen atoms in total. The summed E-state index contributed by atoms with van der Waals surface area (Å²) in [6, 6.07) is 20.0. The lowest BCUT2D eigenvalue weighted by molar-refractivity contribution is -0.115. The van der Waals surface area contributed by atoms with Gasteiger partial charge in [0.1, 0.15) is 11.6 Å². The van der Waals surface area contributed by atoms with Gasteiger partial charge in [-0.1, -0.05) is 36.4 Å². The van der Waals surface area contributed by atoms with Crippen molar-refractivity contribution in [3.05, 3.63) is 101 Å². The van der Waals surface area contributed by atoms with E-state index in [2.05, 4.69) is 5.32 Å². The summed E-state index contributed by atoms with van der Waals surface area (Å²) in [5.74, 6) is -0.765. The number of benzene rings is 3. The van der Waals surface area contributed by atoms with E-state index in [-0.39, 0.29) is 28.0 Å². The number of hydrogen-bond donors (Lipinski definition) is 1. The van der Waals surface area contributed by atoms with Crippen molar-refractivity contribution in [2.75, 3.05) is 5.32 Å². The quantitative estimate of drug-likeness (QED) is 0.543. The van der Waals surface area contributed by atoms with E-state index >= 15 is 0 Å². The predicted octanol–water partition coefficient (Wildman–Crippen LogP) is 6.12. The molecule has 0 aliphatic heterocycles. The van der Waals surface area contributed by atoms with E-state index in [1.165, 1.54) is 36.0 Å². The van der Waals surface area contributed by atoms with E-state index in [1.54, 1.807) is 24.3 Å². The second-order valence-electron chi connectivity index (χ2n) is 6.62. The number of aryl methyl sites for hydroxylation is 1. The van der Waals surface area contributed by atoms with Crippen LogP contribution in [-0.4, -0.2) is 11.2 Å². The van der Waals surface area contributed by atoms with Crippen molar-refractivity contribution < 1.29 is 13.6 Å². The minimum atomic E-state index is -0.374. The molecule has 5 heteroatoms. The number of carbonyl (C=O) groups is 1. The zero-order valence-corrected chi connectivity index (χ0v) is 16.5. The number of amides is 1. The van der Waals surface area contributed by atoms with Crippen molar-refractivity contribution in [3.8, 4) is 0 Å². The molecule has 3 aromatic carbocycles. The third-order valence-electron chi connectivity index (χ3n) is 4.34. The molecule has 0 saturated carbocycles. The highest BCUT2D eigenvalue weighted by Gasteiger charge is 2.23. The van der Waals surface area contributed by atoms with Gasteiger partial charge < -0.3 is 5.32 Å². The molecule has 3 rings (SSSR count). The average Bonchev–Trinajstić information content (AvgIpc) is 2.67. The van der Waals surface area contributed by atoms with Gasteiger partial charge in [-0.25, -0.2) is 8.78 Å². The molecule has 0 aliphatic rings. The second-order valence-corrected chi connectivity index (χ2v) is 8.07. The average molecular weight is 397 g/mol. The van der Waals surface area contributed by atoms with E-state index < -0.39 is 0 Å². The van der Waals surface area contributed by atoms with Crippen molar-refractivity contribution in [1.82, 2.24) is 0 Å². The van der Waals surface area contributed by atoms with E-state index in [1.807, 2.05) is 38.1 Å². The standard InChI is InChI=1S/C23H21F2NOS/c1-15-4-3-5-21(14-15)26-23(27)16(2)28-22(17-6-10-19(24)11-7-17)18-8-12-20(25)13-9-18/h3-14,16,22H,1-2H3,(H,26,27)/t16-/m0/s1. The van der Waals surface area contributed by atoms with E-state index in [0.29, 0.717) is 0 Å². The highest BCUT2D eigenvalue weighted by atomic mass is 32.2. The van der Waals surface area contributed by atoms with Crippen LogP contribution < -0.4 is 5.32 Å². The maximum Gasteiger partial charge on any atom is 0.237 e. The summed E-state index contributed by atoms with van der Waals surface area (Å²) in [6.07, 6.45) is 0. The number of anilines is 1. The maximum atomic E-state index is 13.4. The molecule has 0 spiro atoms. The summed E-state index contributed by atoms with van der Waals surface area (Å²) in [4.78, 5) is 12.7. The lowest BCUT2D eigenvalue weighted by Gasteiger charge is -2.22. The Morgan fingerprint density at radius 2 is 1.43 bits per heavy atom. The molecular weight excluding hydrogens is 376 g/mol. The van der Waals surface area contributed by atoms with Crippen LogP contribution in [0.5, 0.6) is 0 Å². The number of carbonyl (C=O) groups excluding carboxylic acids is 1. The molecule has 0 heterocycles. The van der Waals surface area contributed by atoms with Crippen LogP contribution in [0.1, 0.15) is 28.9 Å². The molecule has 0 aromatic heterocycles. The fraction of sp³-hybridized carbons (Fsp3) is 0.174. The molecule has 1 atom stereocenters. The fourth-order valence-electron chi connectivity index (χ4n) is 2.86. The van der Waals surface area contributed by atoms with Gasteiger partial charge in [0.15, 0.2) is 0 Å². The zero-order valence-electron chi connectivity index (χ0n) is 15.7. The van der Waals surface area contributed by atoms with Gasteiger partial charge in [0, 0.05) is 5.69 Å². The van der Waals surface area contributed by atoms with Crippen LogP contribution in [0.15, 0.2) is 72.8 Å². The van der Waals surface area contributed by atoms with Crippen LogP contribution in [-0.2, 0) is 4.79 Å². The van der Waals surface area contributed by atoms with Gasteiger partial charge in [0.05, 0.1) is 10.5 Å². The molecule has 3 aromatic rings. The van der Waals surface area contributed by atoms with Gasteiger partial charge in [-0.3, -0.25) is 4.79 Å². The van der Waals surface area contributed by atoms with E-state index in [0.717, 1.165) is 22.4 Å². The third kappa shape index (κ3) is 5.20. The minimum Gasteiger partial charge on any atom is -0.325 e. The smallest absolute Gasteiger partial charge is 0.237 e. The van der Waals surface area contributed by atoms with Crippen LogP contribution in [0.4, 0.5) is 14.5 Å². The molecule has 0 unspecified atom stereocenters. The minimum absolute atomic E-state index is 0.121. The van der Waals surface area contributed by atoms with Crippen LogP contribution in [0, 0.1) is 18.6 Å². The molecule has 1 amide bonds. The number of rotatable bonds is 6. The summed E-state index contributed by atoms with van der Waals surface area (Å²) < 4.78 is 26.7. The lowest BCUT2D eigenvalue weighted by Crippen LogP contribution is -2.23. The topological polar surface area (TPSA) is 29.1 Å². The van der Waals surface area contributed by atoms with E-state index in [9.17, 15) is 13.6 Å². The molecule has 0 fully saturated rings. The number of hydrogen-bond acceptors (Lipinski definition) is 2. The first-order valence-electron chi connectivity index (χ1n) is 8.96. The Labute approximate surface area is 168 Å². The van der Waals surface area contributed by atoms with Crippen LogP contribution in [0.2, 0.25) is 0 Å². The Hall–Kier alpha value is -2.66. The zero-order chi connectivity index (χ0) is 20.1. The molecular formula is C23H21F2NOS. The van der Waals surface area contributed by atoms with Crippen molar-refractivity contribution in [2.45, 2.75) is 24.3 Å². The summed E-state index contributed by atoms with van der Waals surface area (Å²) in [5, 5.41) is 2.33. The van der Waals surface area contributed by atoms with Crippen LogP contribution in [0.3, 0.4) is 0 Å². The van der Waals surface area contributed by atoms with E-state index in [4.69, 9.17) is 0 Å². The van der Waals surface area contributed by atoms with Gasteiger partial charge >= 0.3 is 0 Å². The normalized spacial score (nSPS) is 12.0. The molecule has 1 N–H and O–H groups in total. The van der Waals surface area contributed by atoms with Crippen molar-refractivity contribution in [1.29, 1.82) is 0 Å². The van der Waals surface area contributed by atoms with Crippen molar-refractivity contribution in [3.63, 3.8) is 0 Å². The van der Waals surface area contributed by atoms with Gasteiger partial charge in [0.25, 0.3) is 0 Å². The Bertz CT molecular complexity index is 896. The molecule has 144 valence electrons. The van der Waals surface area contributed by atoms with Gasteiger partial charge in [-0.05, 0) is 66.9 Å². The summed E-state index contributed by atoms with van der Waals surface area (Å²) in [7, 11) is 0.